The van der Waals surface area contributed by atoms with Crippen LogP contribution in [0.4, 0.5) is 0 Å². The van der Waals surface area contributed by atoms with Gasteiger partial charge in [-0.2, -0.15) is 0 Å². The van der Waals surface area contributed by atoms with Gasteiger partial charge in [-0.15, -0.1) is 0 Å². The third-order valence-corrected chi connectivity index (χ3v) is 5.16. The minimum atomic E-state index is -1.22. The Balaban J connectivity index is 1.77. The smallest absolute Gasteiger partial charge is 0.220 e. The van der Waals surface area contributed by atoms with Gasteiger partial charge in [-0.25, -0.2) is 0 Å². The molecule has 6 heteroatoms. The molecule has 27 heavy (non-hydrogen) atoms. The van der Waals surface area contributed by atoms with Crippen LogP contribution in [-0.2, 0) is 16.0 Å². The van der Waals surface area contributed by atoms with E-state index in [2.05, 4.69) is 17.4 Å². The molecule has 1 aliphatic heterocycles. The van der Waals surface area contributed by atoms with Crippen LogP contribution in [0.1, 0.15) is 45.1 Å². The first-order valence-corrected chi connectivity index (χ1v) is 9.89. The van der Waals surface area contributed by atoms with E-state index in [1.807, 2.05) is 32.0 Å². The normalized spacial score (nSPS) is 28.3. The molecule has 0 spiro atoms. The minimum Gasteiger partial charge on any atom is -0.394 e. The number of nitrogens with one attached hydrogen (secondary N) is 1. The predicted octanol–water partition coefficient (Wildman–Crippen LogP) is 1.41. The van der Waals surface area contributed by atoms with Gasteiger partial charge in [-0.05, 0) is 30.7 Å². The zero-order valence-electron chi connectivity index (χ0n) is 16.3. The standard InChI is InChI=1S/C21H33NO5/c1-14(2)21-18(20(26)19(25)16(13-23)27-21)22-17(24)12-8-4-7-11-15-9-5-3-6-10-15/h3,5-6,9-10,14,16,18-21,23,25-26H,4,7-8,11-13H2,1-2H3,(H,22,24). The summed E-state index contributed by atoms with van der Waals surface area (Å²) >= 11 is 0. The fraction of sp³-hybridized carbons (Fsp3) is 0.667. The number of amides is 1. The van der Waals surface area contributed by atoms with Gasteiger partial charge in [0, 0.05) is 6.42 Å². The van der Waals surface area contributed by atoms with E-state index >= 15 is 0 Å². The lowest BCUT2D eigenvalue weighted by Crippen LogP contribution is -2.65. The van der Waals surface area contributed by atoms with Crippen LogP contribution in [0.15, 0.2) is 30.3 Å². The molecule has 0 bridgehead atoms. The maximum absolute atomic E-state index is 12.3. The molecule has 1 fully saturated rings. The zero-order valence-corrected chi connectivity index (χ0v) is 16.3. The number of aryl methyl sites for hydroxylation is 1. The summed E-state index contributed by atoms with van der Waals surface area (Å²) in [6, 6.07) is 9.59. The van der Waals surface area contributed by atoms with E-state index in [0.29, 0.717) is 6.42 Å². The lowest BCUT2D eigenvalue weighted by molar-refractivity contribution is -0.204. The molecule has 0 radical (unpaired) electrons. The molecule has 1 aliphatic rings. The van der Waals surface area contributed by atoms with Crippen LogP contribution in [-0.4, -0.2) is 58.3 Å². The van der Waals surface area contributed by atoms with Crippen molar-refractivity contribution >= 4 is 5.91 Å². The Labute approximate surface area is 161 Å². The number of aliphatic hydroxyl groups excluding tert-OH is 3. The molecule has 5 atom stereocenters. The summed E-state index contributed by atoms with van der Waals surface area (Å²) in [5.74, 6) is -0.125. The Hall–Kier alpha value is -1.47. The van der Waals surface area contributed by atoms with E-state index in [0.717, 1.165) is 25.7 Å². The van der Waals surface area contributed by atoms with Crippen molar-refractivity contribution in [2.24, 2.45) is 5.92 Å². The van der Waals surface area contributed by atoms with Crippen molar-refractivity contribution in [3.63, 3.8) is 0 Å². The number of hydrogen-bond donors (Lipinski definition) is 4. The van der Waals surface area contributed by atoms with Gasteiger partial charge in [0.1, 0.15) is 18.3 Å². The Bertz CT molecular complexity index is 565. The summed E-state index contributed by atoms with van der Waals surface area (Å²) in [5, 5.41) is 32.6. The van der Waals surface area contributed by atoms with Gasteiger partial charge in [0.2, 0.25) is 5.91 Å². The van der Waals surface area contributed by atoms with Gasteiger partial charge in [-0.3, -0.25) is 4.79 Å². The number of ether oxygens (including phenoxy) is 1. The molecule has 1 saturated heterocycles. The van der Waals surface area contributed by atoms with E-state index in [1.54, 1.807) is 0 Å². The summed E-state index contributed by atoms with van der Waals surface area (Å²) in [7, 11) is 0. The first kappa shape index (κ1) is 21.8. The molecule has 1 heterocycles. The molecule has 5 unspecified atom stereocenters. The maximum Gasteiger partial charge on any atom is 0.220 e. The molecular formula is C21H33NO5. The lowest BCUT2D eigenvalue weighted by atomic mass is 9.87. The molecule has 1 aromatic rings. The van der Waals surface area contributed by atoms with Crippen LogP contribution in [0.5, 0.6) is 0 Å². The average molecular weight is 379 g/mol. The first-order valence-electron chi connectivity index (χ1n) is 9.89. The predicted molar refractivity (Wildman–Crippen MR) is 103 cm³/mol. The van der Waals surface area contributed by atoms with Crippen molar-refractivity contribution in [3.8, 4) is 0 Å². The van der Waals surface area contributed by atoms with E-state index < -0.39 is 30.5 Å². The van der Waals surface area contributed by atoms with E-state index in [9.17, 15) is 20.1 Å². The second-order valence-electron chi connectivity index (χ2n) is 7.69. The number of unbranched alkanes of at least 4 members (excludes halogenated alkanes) is 2. The van der Waals surface area contributed by atoms with E-state index in [-0.39, 0.29) is 18.4 Å². The Morgan fingerprint density at radius 1 is 1.11 bits per heavy atom. The highest BCUT2D eigenvalue weighted by Crippen LogP contribution is 2.26. The van der Waals surface area contributed by atoms with Gasteiger partial charge in [0.05, 0.1) is 18.8 Å². The highest BCUT2D eigenvalue weighted by molar-refractivity contribution is 5.76. The van der Waals surface area contributed by atoms with Crippen LogP contribution >= 0.6 is 0 Å². The number of hydrogen-bond acceptors (Lipinski definition) is 5. The molecule has 0 aliphatic carbocycles. The molecule has 6 nitrogen and oxygen atoms in total. The summed E-state index contributed by atoms with van der Waals surface area (Å²) in [6.45, 7) is 3.47. The van der Waals surface area contributed by atoms with Gasteiger partial charge >= 0.3 is 0 Å². The number of aliphatic hydroxyl groups is 3. The monoisotopic (exact) mass is 379 g/mol. The highest BCUT2D eigenvalue weighted by Gasteiger charge is 2.45. The third kappa shape index (κ3) is 6.28. The maximum atomic E-state index is 12.3. The zero-order chi connectivity index (χ0) is 19.8. The van der Waals surface area contributed by atoms with E-state index in [4.69, 9.17) is 4.74 Å². The van der Waals surface area contributed by atoms with Gasteiger partial charge < -0.3 is 25.4 Å². The van der Waals surface area contributed by atoms with Crippen molar-refractivity contribution in [2.45, 2.75) is 76.4 Å². The van der Waals surface area contributed by atoms with Crippen LogP contribution in [0.25, 0.3) is 0 Å². The molecular weight excluding hydrogens is 346 g/mol. The minimum absolute atomic E-state index is 0.0253. The first-order chi connectivity index (χ1) is 12.9. The molecule has 0 saturated carbocycles. The fourth-order valence-corrected chi connectivity index (χ4v) is 3.58. The van der Waals surface area contributed by atoms with Crippen molar-refractivity contribution in [2.75, 3.05) is 6.61 Å². The molecule has 2 rings (SSSR count). The fourth-order valence-electron chi connectivity index (χ4n) is 3.58. The van der Waals surface area contributed by atoms with Crippen molar-refractivity contribution in [1.29, 1.82) is 0 Å². The van der Waals surface area contributed by atoms with Gasteiger partial charge in [0.25, 0.3) is 0 Å². The van der Waals surface area contributed by atoms with Crippen molar-refractivity contribution in [3.05, 3.63) is 35.9 Å². The summed E-state index contributed by atoms with van der Waals surface area (Å²) in [4.78, 5) is 12.3. The topological polar surface area (TPSA) is 99.0 Å². The van der Waals surface area contributed by atoms with Gasteiger partial charge in [0.15, 0.2) is 0 Å². The molecule has 1 amide bonds. The van der Waals surface area contributed by atoms with Gasteiger partial charge in [-0.1, -0.05) is 50.6 Å². The Morgan fingerprint density at radius 3 is 2.44 bits per heavy atom. The average Bonchev–Trinajstić information content (AvgIpc) is 2.66. The Morgan fingerprint density at radius 2 is 1.81 bits per heavy atom. The van der Waals surface area contributed by atoms with E-state index in [1.165, 1.54) is 5.56 Å². The largest absolute Gasteiger partial charge is 0.394 e. The number of rotatable bonds is 9. The molecule has 0 aromatic heterocycles. The summed E-state index contributed by atoms with van der Waals surface area (Å²) in [6.07, 6.45) is 0.459. The lowest BCUT2D eigenvalue weighted by Gasteiger charge is -2.44. The third-order valence-electron chi connectivity index (χ3n) is 5.16. The second-order valence-corrected chi connectivity index (χ2v) is 7.69. The van der Waals surface area contributed by atoms with Crippen LogP contribution < -0.4 is 5.32 Å². The number of benzene rings is 1. The Kier molecular flexibility index (Phi) is 8.70. The van der Waals surface area contributed by atoms with Crippen LogP contribution in [0, 0.1) is 5.92 Å². The van der Waals surface area contributed by atoms with Crippen molar-refractivity contribution in [1.82, 2.24) is 5.32 Å². The van der Waals surface area contributed by atoms with Crippen molar-refractivity contribution < 1.29 is 24.9 Å². The highest BCUT2D eigenvalue weighted by atomic mass is 16.5. The molecule has 1 aromatic carbocycles. The number of carbonyl (C=O) groups is 1. The quantitative estimate of drug-likeness (QED) is 0.486. The number of carbonyl (C=O) groups excluding carboxylic acids is 1. The molecule has 152 valence electrons. The van der Waals surface area contributed by atoms with Crippen LogP contribution in [0.2, 0.25) is 0 Å². The SMILES string of the molecule is CC(C)C1OC(CO)C(O)C(O)C1NC(=O)CCCCCc1ccccc1. The second kappa shape index (κ2) is 10.8. The molecule has 4 N–H and O–H groups in total. The van der Waals surface area contributed by atoms with Crippen LogP contribution in [0.3, 0.4) is 0 Å². The summed E-state index contributed by atoms with van der Waals surface area (Å²) < 4.78 is 5.71. The summed E-state index contributed by atoms with van der Waals surface area (Å²) in [5.41, 5.74) is 1.30.